The number of halogens is 1. The predicted molar refractivity (Wildman–Crippen MR) is 87.9 cm³/mol. The van der Waals surface area contributed by atoms with Crippen LogP contribution in [0, 0.1) is 5.41 Å². The molecular formula is C17H22BrNO2. The molecular weight excluding hydrogens is 330 g/mol. The number of benzene rings is 1. The zero-order chi connectivity index (χ0) is 15.5. The van der Waals surface area contributed by atoms with Gasteiger partial charge in [0.25, 0.3) is 11.8 Å². The van der Waals surface area contributed by atoms with Crippen LogP contribution in [-0.4, -0.2) is 28.6 Å². The number of amides is 2. The fourth-order valence-corrected chi connectivity index (χ4v) is 3.98. The Hall–Kier alpha value is -1.16. The van der Waals surface area contributed by atoms with Gasteiger partial charge in [0, 0.05) is 11.9 Å². The number of fused-ring (bicyclic) bond motifs is 1. The molecule has 0 saturated carbocycles. The van der Waals surface area contributed by atoms with Crippen molar-refractivity contribution >= 4 is 27.7 Å². The minimum absolute atomic E-state index is 0.0170. The van der Waals surface area contributed by atoms with Crippen LogP contribution in [0.25, 0.3) is 0 Å². The van der Waals surface area contributed by atoms with Gasteiger partial charge >= 0.3 is 0 Å². The molecule has 0 aliphatic carbocycles. The van der Waals surface area contributed by atoms with E-state index in [9.17, 15) is 9.59 Å². The Morgan fingerprint density at radius 2 is 1.48 bits per heavy atom. The lowest BCUT2D eigenvalue weighted by atomic mass is 9.80. The van der Waals surface area contributed by atoms with Gasteiger partial charge in [0.1, 0.15) is 0 Å². The third-order valence-electron chi connectivity index (χ3n) is 4.22. The van der Waals surface area contributed by atoms with E-state index in [1.54, 1.807) is 12.1 Å². The summed E-state index contributed by atoms with van der Waals surface area (Å²) in [6, 6.07) is 7.10. The maximum atomic E-state index is 12.5. The Kier molecular flexibility index (Phi) is 5.20. The van der Waals surface area contributed by atoms with Crippen molar-refractivity contribution in [2.75, 3.05) is 11.9 Å². The predicted octanol–water partition coefficient (Wildman–Crippen LogP) is 4.26. The van der Waals surface area contributed by atoms with Crippen LogP contribution in [0.15, 0.2) is 24.3 Å². The second-order valence-corrected chi connectivity index (χ2v) is 6.44. The first-order chi connectivity index (χ1) is 10.1. The number of hydrogen-bond donors (Lipinski definition) is 0. The van der Waals surface area contributed by atoms with Gasteiger partial charge in [-0.15, -0.1) is 0 Å². The number of imide groups is 1. The maximum Gasteiger partial charge on any atom is 0.261 e. The lowest BCUT2D eigenvalue weighted by molar-refractivity contribution is 0.0566. The zero-order valence-electron chi connectivity index (χ0n) is 12.7. The molecule has 1 aromatic carbocycles. The van der Waals surface area contributed by atoms with Gasteiger partial charge in [-0.1, -0.05) is 54.8 Å². The van der Waals surface area contributed by atoms with Gasteiger partial charge in [0.2, 0.25) is 0 Å². The van der Waals surface area contributed by atoms with Crippen molar-refractivity contribution in [3.05, 3.63) is 35.4 Å². The first kappa shape index (κ1) is 16.2. The molecule has 0 unspecified atom stereocenters. The Balaban J connectivity index is 2.27. The normalized spacial score (nSPS) is 14.7. The van der Waals surface area contributed by atoms with Gasteiger partial charge in [-0.05, 0) is 30.4 Å². The van der Waals surface area contributed by atoms with E-state index in [4.69, 9.17) is 0 Å². The number of carbonyl (C=O) groups is 2. The van der Waals surface area contributed by atoms with Crippen molar-refractivity contribution in [2.24, 2.45) is 5.41 Å². The molecule has 1 aliphatic rings. The van der Waals surface area contributed by atoms with Gasteiger partial charge in [-0.25, -0.2) is 0 Å². The molecule has 0 radical (unpaired) electrons. The van der Waals surface area contributed by atoms with Crippen LogP contribution in [0.4, 0.5) is 0 Å². The quantitative estimate of drug-likeness (QED) is 0.543. The van der Waals surface area contributed by atoms with E-state index in [1.165, 1.54) is 4.90 Å². The van der Waals surface area contributed by atoms with E-state index in [0.717, 1.165) is 31.0 Å². The molecule has 1 aliphatic heterocycles. The van der Waals surface area contributed by atoms with E-state index in [-0.39, 0.29) is 17.2 Å². The summed E-state index contributed by atoms with van der Waals surface area (Å²) in [5, 5.41) is 0.815. The van der Waals surface area contributed by atoms with Gasteiger partial charge in [0.15, 0.2) is 0 Å². The summed E-state index contributed by atoms with van der Waals surface area (Å²) in [5.74, 6) is -0.290. The summed E-state index contributed by atoms with van der Waals surface area (Å²) in [5.41, 5.74) is 1.06. The van der Waals surface area contributed by atoms with E-state index in [0.29, 0.717) is 17.7 Å². The molecule has 0 atom stereocenters. The highest BCUT2D eigenvalue weighted by Crippen LogP contribution is 2.35. The van der Waals surface area contributed by atoms with Crippen molar-refractivity contribution in [2.45, 2.75) is 39.5 Å². The van der Waals surface area contributed by atoms with Gasteiger partial charge < -0.3 is 0 Å². The molecule has 0 aromatic heterocycles. The lowest BCUT2D eigenvalue weighted by Gasteiger charge is -2.34. The SMILES string of the molecule is CCCC(CBr)(CCC)CN1C(=O)c2ccccc2C1=O. The van der Waals surface area contributed by atoms with Crippen LogP contribution in [-0.2, 0) is 0 Å². The largest absolute Gasteiger partial charge is 0.274 e. The molecule has 0 fully saturated rings. The summed E-state index contributed by atoms with van der Waals surface area (Å²) in [6.07, 6.45) is 4.13. The Morgan fingerprint density at radius 3 is 1.86 bits per heavy atom. The summed E-state index contributed by atoms with van der Waals surface area (Å²) in [6.45, 7) is 4.80. The van der Waals surface area contributed by atoms with Crippen LogP contribution in [0.2, 0.25) is 0 Å². The first-order valence-corrected chi connectivity index (χ1v) is 8.72. The van der Waals surface area contributed by atoms with Crippen LogP contribution in [0.5, 0.6) is 0 Å². The van der Waals surface area contributed by atoms with Crippen LogP contribution in [0.1, 0.15) is 60.2 Å². The second-order valence-electron chi connectivity index (χ2n) is 5.88. The van der Waals surface area contributed by atoms with Crippen molar-refractivity contribution in [1.29, 1.82) is 0 Å². The number of hydrogen-bond acceptors (Lipinski definition) is 2. The second kappa shape index (κ2) is 6.73. The summed E-state index contributed by atoms with van der Waals surface area (Å²) >= 11 is 3.61. The highest BCUT2D eigenvalue weighted by Gasteiger charge is 2.40. The third-order valence-corrected chi connectivity index (χ3v) is 5.41. The van der Waals surface area contributed by atoms with E-state index in [1.807, 2.05) is 12.1 Å². The first-order valence-electron chi connectivity index (χ1n) is 7.59. The molecule has 0 spiro atoms. The third kappa shape index (κ3) is 3.05. The summed E-state index contributed by atoms with van der Waals surface area (Å²) < 4.78 is 0. The van der Waals surface area contributed by atoms with E-state index >= 15 is 0 Å². The Bertz CT molecular complexity index is 500. The van der Waals surface area contributed by atoms with Crippen molar-refractivity contribution in [3.8, 4) is 0 Å². The number of alkyl halides is 1. The van der Waals surface area contributed by atoms with Crippen molar-refractivity contribution in [1.82, 2.24) is 4.90 Å². The highest BCUT2D eigenvalue weighted by atomic mass is 79.9. The Morgan fingerprint density at radius 1 is 1.00 bits per heavy atom. The average Bonchev–Trinajstić information content (AvgIpc) is 2.73. The fourth-order valence-electron chi connectivity index (χ4n) is 3.24. The molecule has 2 rings (SSSR count). The molecule has 4 heteroatoms. The molecule has 0 bridgehead atoms. The van der Waals surface area contributed by atoms with E-state index < -0.39 is 0 Å². The van der Waals surface area contributed by atoms with Crippen LogP contribution in [0.3, 0.4) is 0 Å². The molecule has 2 amide bonds. The monoisotopic (exact) mass is 351 g/mol. The molecule has 114 valence electrons. The number of carbonyl (C=O) groups excluding carboxylic acids is 2. The van der Waals surface area contributed by atoms with Gasteiger partial charge in [-0.3, -0.25) is 14.5 Å². The van der Waals surface area contributed by atoms with Crippen molar-refractivity contribution in [3.63, 3.8) is 0 Å². The molecule has 21 heavy (non-hydrogen) atoms. The molecule has 1 heterocycles. The van der Waals surface area contributed by atoms with Crippen LogP contribution >= 0.6 is 15.9 Å². The van der Waals surface area contributed by atoms with Crippen molar-refractivity contribution < 1.29 is 9.59 Å². The minimum Gasteiger partial charge on any atom is -0.274 e. The van der Waals surface area contributed by atoms with E-state index in [2.05, 4.69) is 29.8 Å². The van der Waals surface area contributed by atoms with Gasteiger partial charge in [-0.2, -0.15) is 0 Å². The number of rotatable bonds is 7. The smallest absolute Gasteiger partial charge is 0.261 e. The zero-order valence-corrected chi connectivity index (χ0v) is 14.3. The molecule has 0 saturated heterocycles. The van der Waals surface area contributed by atoms with Crippen LogP contribution < -0.4 is 0 Å². The summed E-state index contributed by atoms with van der Waals surface area (Å²) in [4.78, 5) is 26.4. The minimum atomic E-state index is -0.145. The highest BCUT2D eigenvalue weighted by molar-refractivity contribution is 9.09. The summed E-state index contributed by atoms with van der Waals surface area (Å²) in [7, 11) is 0. The fraction of sp³-hybridized carbons (Fsp3) is 0.529. The topological polar surface area (TPSA) is 37.4 Å². The maximum absolute atomic E-state index is 12.5. The van der Waals surface area contributed by atoms with Gasteiger partial charge in [0.05, 0.1) is 11.1 Å². The molecule has 1 aromatic rings. The lowest BCUT2D eigenvalue weighted by Crippen LogP contribution is -2.42. The Labute approximate surface area is 134 Å². The molecule has 3 nitrogen and oxygen atoms in total. The average molecular weight is 352 g/mol. The standard InChI is InChI=1S/C17H22BrNO2/c1-3-9-17(11-18,10-4-2)12-19-15(20)13-7-5-6-8-14(13)16(19)21/h5-8H,3-4,9-12H2,1-2H3. The molecule has 0 N–H and O–H groups in total. The number of nitrogens with zero attached hydrogens (tertiary/aromatic N) is 1.